The van der Waals surface area contributed by atoms with E-state index in [1.807, 2.05) is 6.07 Å². The van der Waals surface area contributed by atoms with Crippen molar-refractivity contribution < 1.29 is 17.9 Å². The predicted octanol–water partition coefficient (Wildman–Crippen LogP) is 3.25. The quantitative estimate of drug-likeness (QED) is 0.352. The van der Waals surface area contributed by atoms with Crippen molar-refractivity contribution in [2.75, 3.05) is 44.7 Å². The van der Waals surface area contributed by atoms with E-state index in [9.17, 15) is 13.2 Å². The third-order valence-electron chi connectivity index (χ3n) is 6.33. The van der Waals surface area contributed by atoms with Gasteiger partial charge < -0.3 is 9.47 Å². The normalized spacial score (nSPS) is 14.5. The third-order valence-corrected chi connectivity index (χ3v) is 7.96. The molecular formula is C26H26ClN5O5S. The number of rotatable bonds is 8. The van der Waals surface area contributed by atoms with Crippen molar-refractivity contribution in [1.29, 1.82) is 0 Å². The summed E-state index contributed by atoms with van der Waals surface area (Å²) in [7, 11) is -2.52. The van der Waals surface area contributed by atoms with Gasteiger partial charge in [0.2, 0.25) is 5.88 Å². The van der Waals surface area contributed by atoms with Crippen molar-refractivity contribution >= 4 is 38.2 Å². The number of ether oxygens (including phenoxy) is 2. The smallest absolute Gasteiger partial charge is 0.262 e. The fraction of sp³-hybridized carbons (Fsp3) is 0.269. The number of pyridine rings is 1. The molecule has 1 aliphatic rings. The van der Waals surface area contributed by atoms with Crippen molar-refractivity contribution in [2.24, 2.45) is 0 Å². The predicted molar refractivity (Wildman–Crippen MR) is 145 cm³/mol. The van der Waals surface area contributed by atoms with Crippen molar-refractivity contribution in [2.45, 2.75) is 11.4 Å². The second kappa shape index (κ2) is 11.1. The van der Waals surface area contributed by atoms with E-state index in [0.29, 0.717) is 46.8 Å². The Balaban J connectivity index is 1.45. The molecule has 3 heterocycles. The second-order valence-corrected chi connectivity index (χ2v) is 10.9. The Hall–Kier alpha value is -3.51. The van der Waals surface area contributed by atoms with E-state index >= 15 is 0 Å². The monoisotopic (exact) mass is 555 g/mol. The first kappa shape index (κ1) is 26.1. The number of halogens is 1. The average Bonchev–Trinajstić information content (AvgIpc) is 2.93. The van der Waals surface area contributed by atoms with Crippen LogP contribution in [-0.2, 0) is 21.3 Å². The minimum absolute atomic E-state index is 0.0452. The summed E-state index contributed by atoms with van der Waals surface area (Å²) in [5.41, 5.74) is 1.88. The van der Waals surface area contributed by atoms with Gasteiger partial charge in [0.1, 0.15) is 5.69 Å². The Kier molecular flexibility index (Phi) is 7.61. The summed E-state index contributed by atoms with van der Waals surface area (Å²) in [5.74, 6) is 0.110. The third kappa shape index (κ3) is 5.65. The molecule has 0 aliphatic carbocycles. The molecule has 1 saturated heterocycles. The maximum absolute atomic E-state index is 13.3. The molecule has 198 valence electrons. The fourth-order valence-corrected chi connectivity index (χ4v) is 5.41. The number of fused-ring (bicyclic) bond motifs is 1. The molecule has 0 unspecified atom stereocenters. The summed E-state index contributed by atoms with van der Waals surface area (Å²) in [6.45, 7) is 4.33. The van der Waals surface area contributed by atoms with Crippen molar-refractivity contribution in [3.05, 3.63) is 76.4 Å². The highest BCUT2D eigenvalue weighted by Crippen LogP contribution is 2.31. The molecule has 1 aliphatic heterocycles. The number of anilines is 1. The Morgan fingerprint density at radius 3 is 2.53 bits per heavy atom. The van der Waals surface area contributed by atoms with Crippen LogP contribution in [0.5, 0.6) is 5.88 Å². The molecule has 38 heavy (non-hydrogen) atoms. The fourth-order valence-electron chi connectivity index (χ4n) is 4.24. The van der Waals surface area contributed by atoms with Gasteiger partial charge in [-0.3, -0.25) is 19.0 Å². The Morgan fingerprint density at radius 1 is 1.03 bits per heavy atom. The molecular weight excluding hydrogens is 530 g/mol. The van der Waals surface area contributed by atoms with E-state index in [0.717, 1.165) is 19.6 Å². The van der Waals surface area contributed by atoms with Crippen LogP contribution in [0.3, 0.4) is 0 Å². The van der Waals surface area contributed by atoms with Crippen molar-refractivity contribution in [3.63, 3.8) is 0 Å². The Labute approximate surface area is 224 Å². The lowest BCUT2D eigenvalue weighted by atomic mass is 10.1. The highest BCUT2D eigenvalue weighted by atomic mass is 35.5. The molecule has 5 rings (SSSR count). The molecule has 2 aromatic carbocycles. The number of methoxy groups -OCH3 is 1. The molecule has 10 nitrogen and oxygen atoms in total. The zero-order valence-corrected chi connectivity index (χ0v) is 22.2. The topological polar surface area (TPSA) is 116 Å². The van der Waals surface area contributed by atoms with E-state index in [4.69, 9.17) is 21.1 Å². The van der Waals surface area contributed by atoms with Crippen LogP contribution in [0.25, 0.3) is 22.0 Å². The van der Waals surface area contributed by atoms with Crippen LogP contribution in [-0.4, -0.2) is 67.8 Å². The lowest BCUT2D eigenvalue weighted by Crippen LogP contribution is -2.39. The zero-order chi connectivity index (χ0) is 26.7. The van der Waals surface area contributed by atoms with Crippen LogP contribution in [0.15, 0.2) is 70.7 Å². The summed E-state index contributed by atoms with van der Waals surface area (Å²) >= 11 is 5.89. The summed E-state index contributed by atoms with van der Waals surface area (Å²) in [5, 5.41) is 0.891. The molecule has 0 bridgehead atoms. The number of sulfonamides is 1. The van der Waals surface area contributed by atoms with E-state index in [1.54, 1.807) is 35.3 Å². The minimum Gasteiger partial charge on any atom is -0.480 e. The summed E-state index contributed by atoms with van der Waals surface area (Å²) in [6.07, 6.45) is 3.14. The van der Waals surface area contributed by atoms with E-state index < -0.39 is 10.0 Å². The molecule has 0 saturated carbocycles. The summed E-state index contributed by atoms with van der Waals surface area (Å²) in [4.78, 5) is 24.3. The van der Waals surface area contributed by atoms with Gasteiger partial charge in [-0.2, -0.15) is 0 Å². The summed E-state index contributed by atoms with van der Waals surface area (Å²) < 4.78 is 40.7. The minimum atomic E-state index is -3.93. The van der Waals surface area contributed by atoms with Gasteiger partial charge in [-0.05, 0) is 48.0 Å². The lowest BCUT2D eigenvalue weighted by Gasteiger charge is -2.26. The van der Waals surface area contributed by atoms with Crippen molar-refractivity contribution in [3.8, 4) is 17.0 Å². The molecule has 4 aromatic rings. The first-order valence-corrected chi connectivity index (χ1v) is 13.8. The number of morpholine rings is 1. The van der Waals surface area contributed by atoms with Crippen LogP contribution in [0, 0.1) is 0 Å². The van der Waals surface area contributed by atoms with Crippen molar-refractivity contribution in [1.82, 2.24) is 19.4 Å². The lowest BCUT2D eigenvalue weighted by molar-refractivity contribution is 0.0362. The second-order valence-electron chi connectivity index (χ2n) is 8.77. The number of benzene rings is 2. The highest BCUT2D eigenvalue weighted by Gasteiger charge is 2.19. The average molecular weight is 556 g/mol. The van der Waals surface area contributed by atoms with E-state index in [1.165, 1.54) is 31.4 Å². The molecule has 12 heteroatoms. The van der Waals surface area contributed by atoms with Gasteiger partial charge in [0, 0.05) is 43.0 Å². The Bertz CT molecular complexity index is 1620. The zero-order valence-electron chi connectivity index (χ0n) is 20.6. The van der Waals surface area contributed by atoms with E-state index in [2.05, 4.69) is 19.6 Å². The van der Waals surface area contributed by atoms with Gasteiger partial charge in [-0.25, -0.2) is 18.4 Å². The number of nitrogens with one attached hydrogen (secondary N) is 1. The Morgan fingerprint density at radius 2 is 1.79 bits per heavy atom. The van der Waals surface area contributed by atoms with Crippen LogP contribution >= 0.6 is 11.6 Å². The van der Waals surface area contributed by atoms with Crippen LogP contribution in [0.4, 0.5) is 5.69 Å². The van der Waals surface area contributed by atoms with Gasteiger partial charge in [-0.15, -0.1) is 0 Å². The number of hydrogen-bond acceptors (Lipinski definition) is 8. The maximum Gasteiger partial charge on any atom is 0.262 e. The van der Waals surface area contributed by atoms with Crippen LogP contribution in [0.2, 0.25) is 5.02 Å². The van der Waals surface area contributed by atoms with Gasteiger partial charge in [-0.1, -0.05) is 17.7 Å². The highest BCUT2D eigenvalue weighted by molar-refractivity contribution is 7.92. The van der Waals surface area contributed by atoms with Crippen LogP contribution < -0.4 is 15.0 Å². The van der Waals surface area contributed by atoms with Gasteiger partial charge in [0.05, 0.1) is 42.4 Å². The maximum atomic E-state index is 13.3. The number of aromatic nitrogens is 3. The first-order chi connectivity index (χ1) is 18.3. The molecule has 1 fully saturated rings. The molecule has 0 radical (unpaired) electrons. The SMILES string of the molecule is COc1ncc(-c2ccc3ncn(CCN4CCOCC4)c(=O)c3c2)cc1NS(=O)(=O)c1ccc(Cl)cc1. The molecule has 1 N–H and O–H groups in total. The molecule has 0 spiro atoms. The first-order valence-electron chi connectivity index (χ1n) is 12.0. The standard InChI is InChI=1S/C26H26ClN5O5S/c1-36-25-24(30-38(34,35)21-5-3-20(27)4-6-21)15-19(16-28-25)18-2-7-23-22(14-18)26(33)32(17-29-23)9-8-31-10-12-37-13-11-31/h2-7,14-17,30H,8-13H2,1H3. The van der Waals surface area contributed by atoms with Gasteiger partial charge >= 0.3 is 0 Å². The molecule has 0 atom stereocenters. The molecule has 2 aromatic heterocycles. The summed E-state index contributed by atoms with van der Waals surface area (Å²) in [6, 6.07) is 12.8. The number of hydrogen-bond donors (Lipinski definition) is 1. The van der Waals surface area contributed by atoms with Crippen LogP contribution in [0.1, 0.15) is 0 Å². The largest absolute Gasteiger partial charge is 0.480 e. The number of nitrogens with zero attached hydrogens (tertiary/aromatic N) is 4. The van der Waals surface area contributed by atoms with Gasteiger partial charge in [0.25, 0.3) is 15.6 Å². The molecule has 0 amide bonds. The van der Waals surface area contributed by atoms with Gasteiger partial charge in [0.15, 0.2) is 0 Å². The van der Waals surface area contributed by atoms with E-state index in [-0.39, 0.29) is 22.0 Å².